The average molecular weight is 380 g/mol. The Morgan fingerprint density at radius 3 is 2.89 bits per heavy atom. The van der Waals surface area contributed by atoms with Gasteiger partial charge in [-0.05, 0) is 70.3 Å². The third kappa shape index (κ3) is 3.83. The van der Waals surface area contributed by atoms with E-state index in [1.165, 1.54) is 19.3 Å². The van der Waals surface area contributed by atoms with Crippen LogP contribution in [0.2, 0.25) is 0 Å². The van der Waals surface area contributed by atoms with E-state index in [9.17, 15) is 0 Å². The van der Waals surface area contributed by atoms with Gasteiger partial charge in [-0.3, -0.25) is 4.90 Å². The second kappa shape index (κ2) is 7.08. The van der Waals surface area contributed by atoms with Crippen LogP contribution in [0.4, 0.5) is 0 Å². The highest BCUT2D eigenvalue weighted by Crippen LogP contribution is 2.28. The predicted octanol–water partition coefficient (Wildman–Crippen LogP) is 3.77. The van der Waals surface area contributed by atoms with E-state index in [1.807, 2.05) is 0 Å². The lowest BCUT2D eigenvalue weighted by Gasteiger charge is -2.33. The Hall–Kier alpha value is 0.160. The summed E-state index contributed by atoms with van der Waals surface area (Å²) in [6.45, 7) is 6.52. The minimum absolute atomic E-state index is 0.640. The molecule has 0 radical (unpaired) electrons. The van der Waals surface area contributed by atoms with Crippen LogP contribution in [0.1, 0.15) is 31.9 Å². The van der Waals surface area contributed by atoms with E-state index in [0.717, 1.165) is 41.1 Å². The van der Waals surface area contributed by atoms with Crippen molar-refractivity contribution < 1.29 is 4.42 Å². The van der Waals surface area contributed by atoms with Gasteiger partial charge >= 0.3 is 0 Å². The van der Waals surface area contributed by atoms with Crippen molar-refractivity contribution in [3.8, 4) is 0 Å². The van der Waals surface area contributed by atoms with Gasteiger partial charge in [0.2, 0.25) is 0 Å². The van der Waals surface area contributed by atoms with Crippen molar-refractivity contribution in [1.82, 2.24) is 10.2 Å². The monoisotopic (exact) mass is 378 g/mol. The number of furan rings is 1. The molecule has 0 spiro atoms. The Kier molecular flexibility index (Phi) is 5.73. The fourth-order valence-corrected chi connectivity index (χ4v) is 3.15. The van der Waals surface area contributed by atoms with Crippen molar-refractivity contribution in [2.45, 2.75) is 38.8 Å². The zero-order valence-electron chi connectivity index (χ0n) is 10.7. The summed E-state index contributed by atoms with van der Waals surface area (Å²) in [7, 11) is 0. The van der Waals surface area contributed by atoms with Crippen molar-refractivity contribution >= 4 is 31.9 Å². The molecule has 2 heterocycles. The molecule has 1 aliphatic rings. The predicted molar refractivity (Wildman–Crippen MR) is 80.7 cm³/mol. The standard InChI is InChI=1S/C13H20Br2N2O/c1-2-6-17(10-4-3-5-16-8-10)9-11-7-12(14)13(15)18-11/h7,10,16H,2-6,8-9H2,1H3. The summed E-state index contributed by atoms with van der Waals surface area (Å²) >= 11 is 6.87. The summed E-state index contributed by atoms with van der Waals surface area (Å²) in [6, 6.07) is 2.70. The van der Waals surface area contributed by atoms with Gasteiger partial charge in [0.05, 0.1) is 11.0 Å². The van der Waals surface area contributed by atoms with E-state index >= 15 is 0 Å². The van der Waals surface area contributed by atoms with E-state index in [1.54, 1.807) is 0 Å². The van der Waals surface area contributed by atoms with Gasteiger partial charge in [0.1, 0.15) is 5.76 Å². The molecule has 102 valence electrons. The second-order valence-corrected chi connectivity index (χ2v) is 6.38. The molecule has 18 heavy (non-hydrogen) atoms. The van der Waals surface area contributed by atoms with Crippen LogP contribution in [-0.2, 0) is 6.54 Å². The van der Waals surface area contributed by atoms with E-state index in [4.69, 9.17) is 4.42 Å². The normalized spacial score (nSPS) is 20.6. The second-order valence-electron chi connectivity index (χ2n) is 4.81. The van der Waals surface area contributed by atoms with E-state index < -0.39 is 0 Å². The molecular weight excluding hydrogens is 360 g/mol. The first-order valence-corrected chi connectivity index (χ1v) is 8.17. The van der Waals surface area contributed by atoms with Crippen LogP contribution in [0.25, 0.3) is 0 Å². The van der Waals surface area contributed by atoms with Crippen LogP contribution in [0.5, 0.6) is 0 Å². The first kappa shape index (κ1) is 14.6. The average Bonchev–Trinajstić information content (AvgIpc) is 2.69. The SMILES string of the molecule is CCCN(Cc1cc(Br)c(Br)o1)C1CCCNC1. The molecule has 1 aliphatic heterocycles. The summed E-state index contributed by atoms with van der Waals surface area (Å²) in [5.74, 6) is 1.02. The largest absolute Gasteiger partial charge is 0.452 e. The van der Waals surface area contributed by atoms with Gasteiger partial charge in [-0.15, -0.1) is 0 Å². The quantitative estimate of drug-likeness (QED) is 0.843. The Labute approximate surface area is 126 Å². The summed E-state index contributed by atoms with van der Waals surface area (Å²) in [5.41, 5.74) is 0. The van der Waals surface area contributed by atoms with E-state index in [2.05, 4.69) is 55.1 Å². The Morgan fingerprint density at radius 1 is 1.50 bits per heavy atom. The molecule has 0 aliphatic carbocycles. The number of rotatable bonds is 5. The number of hydrogen-bond donors (Lipinski definition) is 1. The molecule has 2 rings (SSSR count). The topological polar surface area (TPSA) is 28.4 Å². The van der Waals surface area contributed by atoms with Gasteiger partial charge in [0.25, 0.3) is 0 Å². The maximum atomic E-state index is 5.69. The first-order valence-electron chi connectivity index (χ1n) is 6.59. The highest BCUT2D eigenvalue weighted by Gasteiger charge is 2.21. The highest BCUT2D eigenvalue weighted by molar-refractivity contribution is 9.13. The molecule has 1 atom stereocenters. The van der Waals surface area contributed by atoms with Crippen molar-refractivity contribution in [2.75, 3.05) is 19.6 Å². The number of nitrogens with one attached hydrogen (secondary N) is 1. The fourth-order valence-electron chi connectivity index (χ4n) is 2.49. The molecule has 1 aromatic heterocycles. The molecule has 0 amide bonds. The lowest BCUT2D eigenvalue weighted by molar-refractivity contribution is 0.147. The van der Waals surface area contributed by atoms with Crippen LogP contribution in [-0.4, -0.2) is 30.6 Å². The minimum Gasteiger partial charge on any atom is -0.452 e. The highest BCUT2D eigenvalue weighted by atomic mass is 79.9. The molecule has 1 unspecified atom stereocenters. The zero-order valence-corrected chi connectivity index (χ0v) is 13.9. The van der Waals surface area contributed by atoms with Crippen LogP contribution < -0.4 is 5.32 Å². The third-order valence-corrected chi connectivity index (χ3v) is 5.06. The molecule has 5 heteroatoms. The zero-order chi connectivity index (χ0) is 13.0. The van der Waals surface area contributed by atoms with Crippen LogP contribution in [0.15, 0.2) is 19.6 Å². The smallest absolute Gasteiger partial charge is 0.183 e. The molecule has 0 aromatic carbocycles. The molecule has 0 saturated carbocycles. The maximum absolute atomic E-state index is 5.69. The Bertz CT molecular complexity index is 356. The van der Waals surface area contributed by atoms with Crippen molar-refractivity contribution in [2.24, 2.45) is 0 Å². The van der Waals surface area contributed by atoms with Gasteiger partial charge in [-0.25, -0.2) is 0 Å². The summed E-state index contributed by atoms with van der Waals surface area (Å²) in [6.07, 6.45) is 3.74. The summed E-state index contributed by atoms with van der Waals surface area (Å²) < 4.78 is 7.47. The Balaban J connectivity index is 2.00. The van der Waals surface area contributed by atoms with Crippen LogP contribution in [0.3, 0.4) is 0 Å². The number of hydrogen-bond acceptors (Lipinski definition) is 3. The van der Waals surface area contributed by atoms with Gasteiger partial charge in [0.15, 0.2) is 4.67 Å². The molecule has 1 fully saturated rings. The molecule has 1 saturated heterocycles. The maximum Gasteiger partial charge on any atom is 0.183 e. The van der Waals surface area contributed by atoms with Gasteiger partial charge in [-0.1, -0.05) is 6.92 Å². The molecular formula is C13H20Br2N2O. The fraction of sp³-hybridized carbons (Fsp3) is 0.692. The van der Waals surface area contributed by atoms with Crippen molar-refractivity contribution in [1.29, 1.82) is 0 Å². The first-order chi connectivity index (χ1) is 8.70. The number of nitrogens with zero attached hydrogens (tertiary/aromatic N) is 1. The van der Waals surface area contributed by atoms with Crippen molar-refractivity contribution in [3.05, 3.63) is 21.0 Å². The van der Waals surface area contributed by atoms with E-state index in [-0.39, 0.29) is 0 Å². The summed E-state index contributed by atoms with van der Waals surface area (Å²) in [5, 5.41) is 3.49. The molecule has 1 N–H and O–H groups in total. The van der Waals surface area contributed by atoms with Crippen LogP contribution >= 0.6 is 31.9 Å². The molecule has 1 aromatic rings. The van der Waals surface area contributed by atoms with Gasteiger partial charge < -0.3 is 9.73 Å². The van der Waals surface area contributed by atoms with Gasteiger partial charge in [0, 0.05) is 12.6 Å². The minimum atomic E-state index is 0.640. The summed E-state index contributed by atoms with van der Waals surface area (Å²) in [4.78, 5) is 2.53. The van der Waals surface area contributed by atoms with Crippen molar-refractivity contribution in [3.63, 3.8) is 0 Å². The lowest BCUT2D eigenvalue weighted by atomic mass is 10.1. The van der Waals surface area contributed by atoms with Crippen LogP contribution in [0, 0.1) is 0 Å². The van der Waals surface area contributed by atoms with E-state index in [0.29, 0.717) is 6.04 Å². The number of piperidine rings is 1. The molecule has 0 bridgehead atoms. The number of halogens is 2. The Morgan fingerprint density at radius 2 is 2.33 bits per heavy atom. The molecule has 3 nitrogen and oxygen atoms in total. The lowest BCUT2D eigenvalue weighted by Crippen LogP contribution is -2.45. The van der Waals surface area contributed by atoms with Gasteiger partial charge in [-0.2, -0.15) is 0 Å². The third-order valence-electron chi connectivity index (χ3n) is 3.35.